The molecule has 0 saturated heterocycles. The molecule has 3 heteroatoms. The molecule has 0 spiro atoms. The highest BCUT2D eigenvalue weighted by Gasteiger charge is 2.04. The maximum Gasteiger partial charge on any atom is 0.0897 e. The minimum absolute atomic E-state index is 0.0417. The van der Waals surface area contributed by atoms with Gasteiger partial charge in [0.15, 0.2) is 0 Å². The number of alkyl halides is 2. The molecule has 0 amide bonds. The largest absolute Gasteiger partial charge is 0.330 e. The fraction of sp³-hybridized carbons (Fsp3) is 1.00. The van der Waals surface area contributed by atoms with Gasteiger partial charge < -0.3 is 5.73 Å². The van der Waals surface area contributed by atoms with E-state index >= 15 is 0 Å². The van der Waals surface area contributed by atoms with Gasteiger partial charge in [-0.15, -0.1) is 0 Å². The van der Waals surface area contributed by atoms with Crippen molar-refractivity contribution >= 4 is 0 Å². The van der Waals surface area contributed by atoms with Gasteiger partial charge in [-0.1, -0.05) is 0 Å². The maximum atomic E-state index is 11.6. The van der Waals surface area contributed by atoms with Gasteiger partial charge in [0.1, 0.15) is 0 Å². The van der Waals surface area contributed by atoms with Gasteiger partial charge in [-0.05, 0) is 25.3 Å². The van der Waals surface area contributed by atoms with Crippen molar-refractivity contribution < 1.29 is 8.78 Å². The highest BCUT2D eigenvalue weighted by molar-refractivity contribution is 4.57. The van der Waals surface area contributed by atoms with E-state index in [1.54, 1.807) is 0 Å². The van der Waals surface area contributed by atoms with Crippen LogP contribution in [0.3, 0.4) is 0 Å². The van der Waals surface area contributed by atoms with Crippen molar-refractivity contribution in [3.63, 3.8) is 0 Å². The summed E-state index contributed by atoms with van der Waals surface area (Å²) >= 11 is 0. The number of hydrogen-bond acceptors (Lipinski definition) is 1. The van der Waals surface area contributed by atoms with Crippen LogP contribution in [-0.4, -0.2) is 19.9 Å². The van der Waals surface area contributed by atoms with E-state index in [1.807, 2.05) is 0 Å². The molecule has 0 bridgehead atoms. The Balaban J connectivity index is 3.18. The molecule has 0 aromatic carbocycles. The van der Waals surface area contributed by atoms with Gasteiger partial charge in [-0.2, -0.15) is 0 Å². The fourth-order valence-corrected chi connectivity index (χ4v) is 0.689. The van der Waals surface area contributed by atoms with Gasteiger partial charge in [0.05, 0.1) is 13.3 Å². The molecule has 0 atom stereocenters. The Bertz CT molecular complexity index is 53.0. The van der Waals surface area contributed by atoms with Crippen molar-refractivity contribution in [1.82, 2.24) is 0 Å². The summed E-state index contributed by atoms with van der Waals surface area (Å²) in [6.07, 6.45) is 0.806. The molecule has 0 fully saturated rings. The molecular formula is C6H13F2N. The first kappa shape index (κ1) is 8.82. The van der Waals surface area contributed by atoms with Crippen LogP contribution in [0.25, 0.3) is 0 Å². The molecule has 0 heterocycles. The molecule has 9 heavy (non-hydrogen) atoms. The van der Waals surface area contributed by atoms with Crippen LogP contribution >= 0.6 is 0 Å². The summed E-state index contributed by atoms with van der Waals surface area (Å²) < 4.78 is 23.2. The van der Waals surface area contributed by atoms with E-state index < -0.39 is 0 Å². The number of halogens is 2. The highest BCUT2D eigenvalue weighted by atomic mass is 19.1. The van der Waals surface area contributed by atoms with Crippen LogP contribution in [0.1, 0.15) is 12.8 Å². The lowest BCUT2D eigenvalue weighted by Gasteiger charge is -2.08. The second kappa shape index (κ2) is 5.95. The molecule has 0 unspecified atom stereocenters. The number of rotatable bonds is 5. The molecular weight excluding hydrogens is 124 g/mol. The second-order valence-electron chi connectivity index (χ2n) is 2.06. The van der Waals surface area contributed by atoms with Crippen LogP contribution in [0.2, 0.25) is 0 Å². The minimum atomic E-state index is -0.387. The third kappa shape index (κ3) is 4.33. The summed E-state index contributed by atoms with van der Waals surface area (Å²) in [5.41, 5.74) is 5.21. The van der Waals surface area contributed by atoms with E-state index in [9.17, 15) is 8.78 Å². The zero-order valence-electron chi connectivity index (χ0n) is 5.45. The first-order valence-corrected chi connectivity index (χ1v) is 3.17. The van der Waals surface area contributed by atoms with Crippen LogP contribution < -0.4 is 5.73 Å². The lowest BCUT2D eigenvalue weighted by atomic mass is 10.0. The third-order valence-corrected chi connectivity index (χ3v) is 1.37. The molecule has 0 radical (unpaired) electrons. The monoisotopic (exact) mass is 137 g/mol. The van der Waals surface area contributed by atoms with Gasteiger partial charge in [0.25, 0.3) is 0 Å². The van der Waals surface area contributed by atoms with Crippen molar-refractivity contribution in [3.05, 3.63) is 0 Å². The van der Waals surface area contributed by atoms with Gasteiger partial charge in [-0.3, -0.25) is 8.78 Å². The first-order valence-electron chi connectivity index (χ1n) is 3.17. The predicted molar refractivity (Wildman–Crippen MR) is 33.7 cm³/mol. The summed E-state index contributed by atoms with van der Waals surface area (Å²) in [5, 5.41) is 0. The molecule has 0 saturated carbocycles. The minimum Gasteiger partial charge on any atom is -0.330 e. The Kier molecular flexibility index (Phi) is 5.83. The number of hydrogen-bond donors (Lipinski definition) is 1. The summed E-state index contributed by atoms with van der Waals surface area (Å²) in [6.45, 7) is -0.377. The van der Waals surface area contributed by atoms with Crippen molar-refractivity contribution in [1.29, 1.82) is 0 Å². The Morgan fingerprint density at radius 2 is 1.56 bits per heavy atom. The smallest absolute Gasteiger partial charge is 0.0897 e. The summed E-state index contributed by atoms with van der Waals surface area (Å²) in [5.74, 6) is 0.0417. The summed E-state index contributed by atoms with van der Waals surface area (Å²) in [4.78, 5) is 0. The van der Waals surface area contributed by atoms with Crippen LogP contribution in [0, 0.1) is 5.92 Å². The Labute approximate surface area is 54.2 Å². The van der Waals surface area contributed by atoms with Crippen molar-refractivity contribution in [2.24, 2.45) is 11.7 Å². The normalized spacial score (nSPS) is 10.7. The molecule has 0 aromatic rings. The molecule has 0 aliphatic carbocycles. The van der Waals surface area contributed by atoms with Gasteiger partial charge in [-0.25, -0.2) is 0 Å². The predicted octanol–water partition coefficient (Wildman–Crippen LogP) is 1.28. The third-order valence-electron chi connectivity index (χ3n) is 1.37. The van der Waals surface area contributed by atoms with Crippen LogP contribution in [-0.2, 0) is 0 Å². The Hall–Kier alpha value is -0.180. The Morgan fingerprint density at radius 1 is 1.11 bits per heavy atom. The van der Waals surface area contributed by atoms with E-state index in [-0.39, 0.29) is 19.3 Å². The van der Waals surface area contributed by atoms with Gasteiger partial charge >= 0.3 is 0 Å². The lowest BCUT2D eigenvalue weighted by Crippen LogP contribution is -2.15. The summed E-state index contributed by atoms with van der Waals surface area (Å²) in [7, 11) is 0. The molecule has 56 valence electrons. The van der Waals surface area contributed by atoms with Crippen LogP contribution in [0.4, 0.5) is 8.78 Å². The average molecular weight is 137 g/mol. The molecule has 0 aromatic heterocycles. The van der Waals surface area contributed by atoms with E-state index in [1.165, 1.54) is 0 Å². The quantitative estimate of drug-likeness (QED) is 0.607. The maximum absolute atomic E-state index is 11.6. The second-order valence-corrected chi connectivity index (χ2v) is 2.06. The molecule has 0 aliphatic heterocycles. The molecule has 0 aliphatic rings. The van der Waals surface area contributed by atoms with E-state index in [0.29, 0.717) is 19.4 Å². The summed E-state index contributed by atoms with van der Waals surface area (Å²) in [6, 6.07) is 0. The van der Waals surface area contributed by atoms with Crippen molar-refractivity contribution in [2.45, 2.75) is 12.8 Å². The van der Waals surface area contributed by atoms with E-state index in [4.69, 9.17) is 5.73 Å². The van der Waals surface area contributed by atoms with Crippen molar-refractivity contribution in [3.8, 4) is 0 Å². The van der Waals surface area contributed by atoms with Crippen molar-refractivity contribution in [2.75, 3.05) is 19.9 Å². The lowest BCUT2D eigenvalue weighted by molar-refractivity contribution is 0.337. The standard InChI is InChI=1S/C6H13F2N/c7-3-1-6(5-9)2-4-8/h6H,1-5,9H2. The molecule has 2 N–H and O–H groups in total. The first-order chi connectivity index (χ1) is 4.35. The fourth-order valence-electron chi connectivity index (χ4n) is 0.689. The van der Waals surface area contributed by atoms with Crippen LogP contribution in [0.15, 0.2) is 0 Å². The van der Waals surface area contributed by atoms with Gasteiger partial charge in [0, 0.05) is 0 Å². The Morgan fingerprint density at radius 3 is 1.78 bits per heavy atom. The molecule has 1 nitrogen and oxygen atoms in total. The zero-order valence-corrected chi connectivity index (χ0v) is 5.45. The zero-order chi connectivity index (χ0) is 7.11. The average Bonchev–Trinajstić information content (AvgIpc) is 1.88. The van der Waals surface area contributed by atoms with Gasteiger partial charge in [0.2, 0.25) is 0 Å². The topological polar surface area (TPSA) is 26.0 Å². The van der Waals surface area contributed by atoms with E-state index in [2.05, 4.69) is 0 Å². The molecule has 0 rings (SSSR count). The van der Waals surface area contributed by atoms with E-state index in [0.717, 1.165) is 0 Å². The number of nitrogens with two attached hydrogens (primary N) is 1. The van der Waals surface area contributed by atoms with Crippen LogP contribution in [0.5, 0.6) is 0 Å². The SMILES string of the molecule is NCC(CCF)CCF. The highest BCUT2D eigenvalue weighted by Crippen LogP contribution is 2.06.